The van der Waals surface area contributed by atoms with Gasteiger partial charge in [0.05, 0.1) is 0 Å². The minimum atomic E-state index is 0.742. The highest BCUT2D eigenvalue weighted by molar-refractivity contribution is 5.29. The summed E-state index contributed by atoms with van der Waals surface area (Å²) in [5.41, 5.74) is 4.23. The highest BCUT2D eigenvalue weighted by Gasteiger charge is 2.23. The minimum Gasteiger partial charge on any atom is -0.314 e. The summed E-state index contributed by atoms with van der Waals surface area (Å²) in [7, 11) is 0. The Bertz CT molecular complexity index is 356. The molecule has 1 saturated heterocycles. The van der Waals surface area contributed by atoms with Crippen molar-refractivity contribution in [3.8, 4) is 0 Å². The molecular formula is C14H22N2. The van der Waals surface area contributed by atoms with Crippen LogP contribution in [0.15, 0.2) is 18.2 Å². The molecule has 2 nitrogen and oxygen atoms in total. The first-order chi connectivity index (χ1) is 7.70. The van der Waals surface area contributed by atoms with E-state index in [-0.39, 0.29) is 0 Å². The first kappa shape index (κ1) is 11.6. The fraction of sp³-hybridized carbons (Fsp3) is 0.571. The average Bonchev–Trinajstić information content (AvgIpc) is 2.20. The highest BCUT2D eigenvalue weighted by Crippen LogP contribution is 2.14. The lowest BCUT2D eigenvalue weighted by atomic mass is 10.0. The Morgan fingerprint density at radius 3 is 2.50 bits per heavy atom. The predicted octanol–water partition coefficient (Wildman–Crippen LogP) is 2.10. The van der Waals surface area contributed by atoms with Gasteiger partial charge >= 0.3 is 0 Å². The third-order valence-corrected chi connectivity index (χ3v) is 3.64. The molecule has 0 spiro atoms. The third-order valence-electron chi connectivity index (χ3n) is 3.64. The SMILES string of the molecule is CCN(Cc1ccc(C)c(C)c1)C1CNC1. The Hall–Kier alpha value is -0.860. The largest absolute Gasteiger partial charge is 0.314 e. The van der Waals surface area contributed by atoms with E-state index in [9.17, 15) is 0 Å². The van der Waals surface area contributed by atoms with E-state index in [2.05, 4.69) is 49.2 Å². The fourth-order valence-electron chi connectivity index (χ4n) is 2.17. The predicted molar refractivity (Wildman–Crippen MR) is 68.7 cm³/mol. The van der Waals surface area contributed by atoms with Crippen LogP contribution < -0.4 is 5.32 Å². The Kier molecular flexibility index (Phi) is 3.62. The summed E-state index contributed by atoms with van der Waals surface area (Å²) < 4.78 is 0. The van der Waals surface area contributed by atoms with Crippen LogP contribution in [0.5, 0.6) is 0 Å². The maximum atomic E-state index is 3.34. The van der Waals surface area contributed by atoms with Gasteiger partial charge in [0, 0.05) is 25.7 Å². The van der Waals surface area contributed by atoms with Gasteiger partial charge in [-0.3, -0.25) is 4.90 Å². The van der Waals surface area contributed by atoms with E-state index in [1.54, 1.807) is 0 Å². The lowest BCUT2D eigenvalue weighted by Crippen LogP contribution is -2.56. The van der Waals surface area contributed by atoms with Crippen LogP contribution in [-0.4, -0.2) is 30.6 Å². The lowest BCUT2D eigenvalue weighted by Gasteiger charge is -2.37. The van der Waals surface area contributed by atoms with Gasteiger partial charge < -0.3 is 5.32 Å². The second-order valence-corrected chi connectivity index (χ2v) is 4.79. The number of likely N-dealkylation sites (N-methyl/N-ethyl adjacent to an activating group) is 1. The van der Waals surface area contributed by atoms with Crippen molar-refractivity contribution < 1.29 is 0 Å². The quantitative estimate of drug-likeness (QED) is 0.832. The number of nitrogens with zero attached hydrogens (tertiary/aromatic N) is 1. The second kappa shape index (κ2) is 4.98. The van der Waals surface area contributed by atoms with Crippen LogP contribution in [-0.2, 0) is 6.54 Å². The van der Waals surface area contributed by atoms with E-state index in [0.29, 0.717) is 0 Å². The molecule has 0 atom stereocenters. The number of benzene rings is 1. The molecule has 1 heterocycles. The normalized spacial score (nSPS) is 16.5. The van der Waals surface area contributed by atoms with Crippen LogP contribution in [0.25, 0.3) is 0 Å². The summed E-state index contributed by atoms with van der Waals surface area (Å²) in [6.45, 7) is 11.1. The Balaban J connectivity index is 2.03. The van der Waals surface area contributed by atoms with Crippen LogP contribution in [0.1, 0.15) is 23.6 Å². The molecule has 1 fully saturated rings. The molecule has 2 heteroatoms. The molecule has 0 unspecified atom stereocenters. The summed E-state index contributed by atoms with van der Waals surface area (Å²) in [5, 5.41) is 3.34. The van der Waals surface area contributed by atoms with Crippen molar-refractivity contribution in [3.63, 3.8) is 0 Å². The van der Waals surface area contributed by atoms with E-state index in [1.807, 2.05) is 0 Å². The summed E-state index contributed by atoms with van der Waals surface area (Å²) in [6.07, 6.45) is 0. The number of hydrogen-bond acceptors (Lipinski definition) is 2. The van der Waals surface area contributed by atoms with Crippen molar-refractivity contribution in [2.75, 3.05) is 19.6 Å². The molecule has 0 saturated carbocycles. The first-order valence-corrected chi connectivity index (χ1v) is 6.21. The van der Waals surface area contributed by atoms with E-state index in [1.165, 1.54) is 16.7 Å². The van der Waals surface area contributed by atoms with E-state index in [0.717, 1.165) is 32.2 Å². The smallest absolute Gasteiger partial charge is 0.0348 e. The van der Waals surface area contributed by atoms with Crippen LogP contribution in [0.3, 0.4) is 0 Å². The van der Waals surface area contributed by atoms with Crippen molar-refractivity contribution in [1.82, 2.24) is 10.2 Å². The maximum Gasteiger partial charge on any atom is 0.0348 e. The van der Waals surface area contributed by atoms with Crippen LogP contribution in [0, 0.1) is 13.8 Å². The van der Waals surface area contributed by atoms with Crippen LogP contribution >= 0.6 is 0 Å². The summed E-state index contributed by atoms with van der Waals surface area (Å²) in [4.78, 5) is 2.56. The molecule has 0 aromatic heterocycles. The number of rotatable bonds is 4. The summed E-state index contributed by atoms with van der Waals surface area (Å²) in [5.74, 6) is 0. The van der Waals surface area contributed by atoms with Crippen molar-refractivity contribution in [3.05, 3.63) is 34.9 Å². The molecule has 0 aliphatic carbocycles. The number of hydrogen-bond donors (Lipinski definition) is 1. The zero-order chi connectivity index (χ0) is 11.5. The summed E-state index contributed by atoms with van der Waals surface area (Å²) in [6, 6.07) is 7.56. The zero-order valence-electron chi connectivity index (χ0n) is 10.6. The monoisotopic (exact) mass is 218 g/mol. The molecule has 1 aliphatic heterocycles. The highest BCUT2D eigenvalue weighted by atomic mass is 15.2. The van der Waals surface area contributed by atoms with Gasteiger partial charge in [0.2, 0.25) is 0 Å². The molecule has 88 valence electrons. The minimum absolute atomic E-state index is 0.742. The van der Waals surface area contributed by atoms with Gasteiger partial charge in [-0.15, -0.1) is 0 Å². The van der Waals surface area contributed by atoms with Crippen molar-refractivity contribution in [2.45, 2.75) is 33.4 Å². The van der Waals surface area contributed by atoms with Gasteiger partial charge in [-0.1, -0.05) is 25.1 Å². The van der Waals surface area contributed by atoms with Gasteiger partial charge in [0.15, 0.2) is 0 Å². The van der Waals surface area contributed by atoms with Gasteiger partial charge in [-0.2, -0.15) is 0 Å². The van der Waals surface area contributed by atoms with Gasteiger partial charge in [0.1, 0.15) is 0 Å². The topological polar surface area (TPSA) is 15.3 Å². The Morgan fingerprint density at radius 2 is 2.00 bits per heavy atom. The second-order valence-electron chi connectivity index (χ2n) is 4.79. The standard InChI is InChI=1S/C14H22N2/c1-4-16(14-8-15-9-14)10-13-6-5-11(2)12(3)7-13/h5-7,14-15H,4,8-10H2,1-3H3. The Morgan fingerprint density at radius 1 is 1.25 bits per heavy atom. The fourth-order valence-corrected chi connectivity index (χ4v) is 2.17. The molecule has 0 radical (unpaired) electrons. The van der Waals surface area contributed by atoms with Crippen molar-refractivity contribution in [2.24, 2.45) is 0 Å². The Labute approximate surface area is 98.7 Å². The zero-order valence-corrected chi connectivity index (χ0v) is 10.6. The molecule has 0 amide bonds. The molecule has 1 N–H and O–H groups in total. The van der Waals surface area contributed by atoms with E-state index in [4.69, 9.17) is 0 Å². The number of nitrogens with one attached hydrogen (secondary N) is 1. The molecule has 2 rings (SSSR count). The maximum absolute atomic E-state index is 3.34. The molecular weight excluding hydrogens is 196 g/mol. The van der Waals surface area contributed by atoms with E-state index < -0.39 is 0 Å². The van der Waals surface area contributed by atoms with Crippen LogP contribution in [0.2, 0.25) is 0 Å². The molecule has 1 aliphatic rings. The average molecular weight is 218 g/mol. The molecule has 1 aromatic rings. The lowest BCUT2D eigenvalue weighted by molar-refractivity contribution is 0.145. The summed E-state index contributed by atoms with van der Waals surface area (Å²) >= 11 is 0. The first-order valence-electron chi connectivity index (χ1n) is 6.21. The molecule has 0 bridgehead atoms. The van der Waals surface area contributed by atoms with E-state index >= 15 is 0 Å². The van der Waals surface area contributed by atoms with Crippen LogP contribution in [0.4, 0.5) is 0 Å². The van der Waals surface area contributed by atoms with Gasteiger partial charge in [-0.05, 0) is 37.1 Å². The van der Waals surface area contributed by atoms with Crippen molar-refractivity contribution in [1.29, 1.82) is 0 Å². The van der Waals surface area contributed by atoms with Gasteiger partial charge in [0.25, 0.3) is 0 Å². The van der Waals surface area contributed by atoms with Crippen molar-refractivity contribution >= 4 is 0 Å². The van der Waals surface area contributed by atoms with Gasteiger partial charge in [-0.25, -0.2) is 0 Å². The third kappa shape index (κ3) is 2.45. The molecule has 16 heavy (non-hydrogen) atoms. The molecule has 1 aromatic carbocycles. The number of aryl methyl sites for hydroxylation is 2.